The highest BCUT2D eigenvalue weighted by Crippen LogP contribution is 2.26. The molecule has 64 valence electrons. The van der Waals surface area contributed by atoms with Crippen molar-refractivity contribution in [2.75, 3.05) is 13.2 Å². The van der Waals surface area contributed by atoms with Crippen LogP contribution in [0.1, 0.15) is 32.6 Å². The summed E-state index contributed by atoms with van der Waals surface area (Å²) in [6.07, 6.45) is 5.65. The highest BCUT2D eigenvalue weighted by molar-refractivity contribution is 4.79. The van der Waals surface area contributed by atoms with Crippen molar-refractivity contribution in [1.82, 2.24) is 4.90 Å². The molecule has 2 heterocycles. The minimum atomic E-state index is 0.465. The van der Waals surface area contributed by atoms with Crippen molar-refractivity contribution in [2.24, 2.45) is 0 Å². The lowest BCUT2D eigenvalue weighted by Gasteiger charge is -2.43. The first-order valence-electron chi connectivity index (χ1n) is 4.75. The normalized spacial score (nSPS) is 40.1. The fourth-order valence-electron chi connectivity index (χ4n) is 2.21. The molecule has 2 aliphatic heterocycles. The van der Waals surface area contributed by atoms with E-state index in [1.54, 1.807) is 0 Å². The van der Waals surface area contributed by atoms with Crippen LogP contribution in [0.15, 0.2) is 0 Å². The molecule has 2 nitrogen and oxygen atoms in total. The summed E-state index contributed by atoms with van der Waals surface area (Å²) in [6, 6.07) is 0.758. The van der Waals surface area contributed by atoms with E-state index < -0.39 is 0 Å². The molecule has 0 aromatic rings. The fourth-order valence-corrected chi connectivity index (χ4v) is 2.21. The minimum absolute atomic E-state index is 0.465. The molecular formula is C9H17NO. The third kappa shape index (κ3) is 1.42. The van der Waals surface area contributed by atoms with Gasteiger partial charge in [-0.05, 0) is 32.6 Å². The zero-order valence-corrected chi connectivity index (χ0v) is 7.25. The first kappa shape index (κ1) is 7.56. The molecule has 2 heteroatoms. The summed E-state index contributed by atoms with van der Waals surface area (Å²) >= 11 is 0. The van der Waals surface area contributed by atoms with Crippen LogP contribution in [0.25, 0.3) is 0 Å². The molecule has 0 radical (unpaired) electrons. The summed E-state index contributed by atoms with van der Waals surface area (Å²) < 4.78 is 5.68. The summed E-state index contributed by atoms with van der Waals surface area (Å²) in [5, 5.41) is 0. The van der Waals surface area contributed by atoms with E-state index in [1.807, 2.05) is 0 Å². The molecule has 0 spiro atoms. The Kier molecular flexibility index (Phi) is 2.14. The summed E-state index contributed by atoms with van der Waals surface area (Å²) in [6.45, 7) is 4.56. The maximum atomic E-state index is 5.68. The van der Waals surface area contributed by atoms with E-state index in [0.29, 0.717) is 6.23 Å². The molecule has 0 bridgehead atoms. The quantitative estimate of drug-likeness (QED) is 0.527. The van der Waals surface area contributed by atoms with E-state index in [4.69, 9.17) is 4.74 Å². The molecule has 0 aliphatic carbocycles. The van der Waals surface area contributed by atoms with Gasteiger partial charge in [-0.25, -0.2) is 0 Å². The predicted octanol–water partition coefficient (Wildman–Crippen LogP) is 1.61. The third-order valence-electron chi connectivity index (χ3n) is 2.88. The highest BCUT2D eigenvalue weighted by atomic mass is 16.5. The summed E-state index contributed by atoms with van der Waals surface area (Å²) in [5.74, 6) is 0. The van der Waals surface area contributed by atoms with Crippen LogP contribution < -0.4 is 0 Å². The van der Waals surface area contributed by atoms with Crippen molar-refractivity contribution >= 4 is 0 Å². The minimum Gasteiger partial charge on any atom is -0.363 e. The molecule has 0 saturated carbocycles. The summed E-state index contributed by atoms with van der Waals surface area (Å²) in [7, 11) is 0. The Morgan fingerprint density at radius 2 is 2.18 bits per heavy atom. The van der Waals surface area contributed by atoms with Crippen LogP contribution in [0.4, 0.5) is 0 Å². The Morgan fingerprint density at radius 3 is 3.00 bits per heavy atom. The fraction of sp³-hybridized carbons (Fsp3) is 1.00. The van der Waals surface area contributed by atoms with Crippen molar-refractivity contribution in [3.05, 3.63) is 0 Å². The van der Waals surface area contributed by atoms with Gasteiger partial charge in [0, 0.05) is 19.2 Å². The van der Waals surface area contributed by atoms with Crippen molar-refractivity contribution in [1.29, 1.82) is 0 Å². The maximum absolute atomic E-state index is 5.68. The molecule has 0 N–H and O–H groups in total. The highest BCUT2D eigenvalue weighted by Gasteiger charge is 2.30. The lowest BCUT2D eigenvalue weighted by atomic mass is 10.0. The van der Waals surface area contributed by atoms with E-state index in [0.717, 1.165) is 12.6 Å². The van der Waals surface area contributed by atoms with Gasteiger partial charge in [-0.3, -0.25) is 4.90 Å². The van der Waals surface area contributed by atoms with Crippen LogP contribution in [0.5, 0.6) is 0 Å². The Morgan fingerprint density at radius 1 is 1.27 bits per heavy atom. The molecule has 0 aromatic carbocycles. The number of fused-ring (bicyclic) bond motifs is 1. The van der Waals surface area contributed by atoms with E-state index in [9.17, 15) is 0 Å². The van der Waals surface area contributed by atoms with E-state index in [2.05, 4.69) is 11.8 Å². The second-order valence-electron chi connectivity index (χ2n) is 3.70. The SMILES string of the molecule is C[C@@H]1CCC[C@@H]2OCCCN12. The van der Waals surface area contributed by atoms with Gasteiger partial charge >= 0.3 is 0 Å². The number of ether oxygens (including phenoxy) is 1. The molecular weight excluding hydrogens is 138 g/mol. The molecule has 11 heavy (non-hydrogen) atoms. The first-order valence-corrected chi connectivity index (χ1v) is 4.75. The average Bonchev–Trinajstić information content (AvgIpc) is 2.06. The van der Waals surface area contributed by atoms with Gasteiger partial charge in [0.1, 0.15) is 6.23 Å². The number of hydrogen-bond acceptors (Lipinski definition) is 2. The van der Waals surface area contributed by atoms with Crippen molar-refractivity contribution < 1.29 is 4.74 Å². The van der Waals surface area contributed by atoms with Crippen LogP contribution >= 0.6 is 0 Å². The second-order valence-corrected chi connectivity index (χ2v) is 3.70. The van der Waals surface area contributed by atoms with Gasteiger partial charge in [0.25, 0.3) is 0 Å². The average molecular weight is 155 g/mol. The van der Waals surface area contributed by atoms with Gasteiger partial charge in [0.05, 0.1) is 0 Å². The molecule has 0 unspecified atom stereocenters. The monoisotopic (exact) mass is 155 g/mol. The topological polar surface area (TPSA) is 12.5 Å². The van der Waals surface area contributed by atoms with E-state index >= 15 is 0 Å². The van der Waals surface area contributed by atoms with Crippen LogP contribution in [-0.2, 0) is 4.74 Å². The molecule has 2 atom stereocenters. The van der Waals surface area contributed by atoms with Gasteiger partial charge in [-0.15, -0.1) is 0 Å². The Balaban J connectivity index is 1.99. The van der Waals surface area contributed by atoms with Crippen molar-refractivity contribution in [2.45, 2.75) is 44.9 Å². The van der Waals surface area contributed by atoms with Crippen molar-refractivity contribution in [3.63, 3.8) is 0 Å². The Bertz CT molecular complexity index is 136. The van der Waals surface area contributed by atoms with Crippen LogP contribution in [0.3, 0.4) is 0 Å². The number of hydrogen-bond donors (Lipinski definition) is 0. The molecule has 2 saturated heterocycles. The van der Waals surface area contributed by atoms with Crippen LogP contribution in [-0.4, -0.2) is 30.3 Å². The largest absolute Gasteiger partial charge is 0.363 e. The maximum Gasteiger partial charge on any atom is 0.110 e. The van der Waals surface area contributed by atoms with Crippen molar-refractivity contribution in [3.8, 4) is 0 Å². The number of nitrogens with zero attached hydrogens (tertiary/aromatic N) is 1. The third-order valence-corrected chi connectivity index (χ3v) is 2.88. The second kappa shape index (κ2) is 3.11. The number of piperidine rings is 1. The lowest BCUT2D eigenvalue weighted by molar-refractivity contribution is -0.131. The Hall–Kier alpha value is -0.0800. The lowest BCUT2D eigenvalue weighted by Crippen LogP contribution is -2.50. The smallest absolute Gasteiger partial charge is 0.110 e. The van der Waals surface area contributed by atoms with Crippen LogP contribution in [0, 0.1) is 0 Å². The zero-order chi connectivity index (χ0) is 7.68. The van der Waals surface area contributed by atoms with Gasteiger partial charge in [0.15, 0.2) is 0 Å². The van der Waals surface area contributed by atoms with E-state index in [-0.39, 0.29) is 0 Å². The van der Waals surface area contributed by atoms with Gasteiger partial charge in [-0.1, -0.05) is 0 Å². The summed E-state index contributed by atoms with van der Waals surface area (Å²) in [4.78, 5) is 2.52. The molecule has 0 aromatic heterocycles. The molecule has 2 rings (SSSR count). The predicted molar refractivity (Wildman–Crippen MR) is 44.4 cm³/mol. The standard InChI is InChI=1S/C9H17NO/c1-8-4-2-5-9-10(8)6-3-7-11-9/h8-9H,2-7H2,1H3/t8-,9+/m1/s1. The molecule has 2 fully saturated rings. The molecule has 0 amide bonds. The van der Waals surface area contributed by atoms with Gasteiger partial charge in [-0.2, -0.15) is 0 Å². The Labute approximate surface area is 68.5 Å². The van der Waals surface area contributed by atoms with Gasteiger partial charge < -0.3 is 4.74 Å². The summed E-state index contributed by atoms with van der Waals surface area (Å²) in [5.41, 5.74) is 0. The van der Waals surface area contributed by atoms with Gasteiger partial charge in [0.2, 0.25) is 0 Å². The van der Waals surface area contributed by atoms with E-state index in [1.165, 1.54) is 32.2 Å². The number of rotatable bonds is 0. The van der Waals surface area contributed by atoms with Crippen LogP contribution in [0.2, 0.25) is 0 Å². The zero-order valence-electron chi connectivity index (χ0n) is 7.25. The first-order chi connectivity index (χ1) is 5.38. The molecule has 2 aliphatic rings.